The van der Waals surface area contributed by atoms with Crippen LogP contribution in [0.4, 0.5) is 27.8 Å². The summed E-state index contributed by atoms with van der Waals surface area (Å²) in [5, 5.41) is 16.7. The number of alkyl halides is 3. The van der Waals surface area contributed by atoms with Crippen molar-refractivity contribution in [1.29, 1.82) is 0 Å². The Morgan fingerprint density at radius 1 is 1.11 bits per heavy atom. The number of amides is 1. The number of benzene rings is 2. The number of nitrogen functional groups attached to an aromatic ring is 1. The monoisotopic (exact) mass is 512 g/mol. The third kappa shape index (κ3) is 5.43. The number of aromatic nitrogens is 2. The Morgan fingerprint density at radius 3 is 2.31 bits per heavy atom. The average Bonchev–Trinajstić information content (AvgIpc) is 3.18. The maximum atomic E-state index is 14.0. The van der Waals surface area contributed by atoms with Gasteiger partial charge in [0.15, 0.2) is 5.60 Å². The molecule has 0 radical (unpaired) electrons. The number of anilines is 1. The van der Waals surface area contributed by atoms with Gasteiger partial charge in [-0.3, -0.25) is 4.79 Å². The SMILES string of the molecule is COc1ccc(F)cc1C(C)(C)CC(O)(CNC(=O)c1cnn(-c2ccc(F)cc2)c1N)C(F)(F)F. The number of hydrogen-bond donors (Lipinski definition) is 3. The van der Waals surface area contributed by atoms with Gasteiger partial charge in [0.2, 0.25) is 0 Å². The number of aliphatic hydroxyl groups is 1. The molecular weight excluding hydrogens is 487 g/mol. The molecule has 1 unspecified atom stereocenters. The fourth-order valence-electron chi connectivity index (χ4n) is 3.94. The molecule has 0 bridgehead atoms. The highest BCUT2D eigenvalue weighted by Gasteiger charge is 2.56. The van der Waals surface area contributed by atoms with E-state index in [1.165, 1.54) is 39.2 Å². The Morgan fingerprint density at radius 2 is 1.72 bits per heavy atom. The molecule has 0 aliphatic rings. The van der Waals surface area contributed by atoms with Crippen LogP contribution in [0.15, 0.2) is 48.7 Å². The largest absolute Gasteiger partial charge is 0.496 e. The summed E-state index contributed by atoms with van der Waals surface area (Å²) < 4.78 is 75.4. The first-order valence-corrected chi connectivity index (χ1v) is 10.7. The van der Waals surface area contributed by atoms with Gasteiger partial charge in [-0.2, -0.15) is 18.3 Å². The molecule has 0 spiro atoms. The summed E-state index contributed by atoms with van der Waals surface area (Å²) in [6.07, 6.45) is -5.03. The van der Waals surface area contributed by atoms with Crippen LogP contribution in [0, 0.1) is 11.6 Å². The van der Waals surface area contributed by atoms with Gasteiger partial charge in [-0.1, -0.05) is 13.8 Å². The molecule has 7 nitrogen and oxygen atoms in total. The normalized spacial score (nSPS) is 13.8. The molecule has 1 heterocycles. The first-order chi connectivity index (χ1) is 16.7. The van der Waals surface area contributed by atoms with E-state index in [9.17, 15) is 31.9 Å². The standard InChI is InChI=1S/C24H25F5N4O3/c1-22(2,18-10-15(26)6-9-19(18)36-3)12-23(35,24(27,28)29)13-31-21(34)17-11-32-33(20(17)30)16-7-4-14(25)5-8-16/h4-11,35H,12-13,30H2,1-3H3,(H,31,34). The molecule has 3 aromatic rings. The molecule has 3 rings (SSSR count). The molecule has 0 fully saturated rings. The summed E-state index contributed by atoms with van der Waals surface area (Å²) in [6.45, 7) is 1.58. The summed E-state index contributed by atoms with van der Waals surface area (Å²) in [6, 6.07) is 8.42. The molecule has 2 aromatic carbocycles. The van der Waals surface area contributed by atoms with Gasteiger partial charge in [0, 0.05) is 5.56 Å². The smallest absolute Gasteiger partial charge is 0.418 e. The minimum Gasteiger partial charge on any atom is -0.496 e. The topological polar surface area (TPSA) is 102 Å². The first-order valence-electron chi connectivity index (χ1n) is 10.7. The summed E-state index contributed by atoms with van der Waals surface area (Å²) in [5.74, 6) is -2.25. The van der Waals surface area contributed by atoms with Gasteiger partial charge in [0.25, 0.3) is 5.91 Å². The van der Waals surface area contributed by atoms with Crippen LogP contribution in [-0.2, 0) is 5.41 Å². The zero-order chi connectivity index (χ0) is 26.9. The van der Waals surface area contributed by atoms with E-state index in [1.807, 2.05) is 0 Å². The van der Waals surface area contributed by atoms with Gasteiger partial charge in [-0.05, 0) is 54.3 Å². The lowest BCUT2D eigenvalue weighted by atomic mass is 9.74. The predicted octanol–water partition coefficient (Wildman–Crippen LogP) is 4.13. The van der Waals surface area contributed by atoms with Gasteiger partial charge in [-0.25, -0.2) is 13.5 Å². The molecule has 1 amide bonds. The van der Waals surface area contributed by atoms with Gasteiger partial charge in [0.05, 0.1) is 25.5 Å². The van der Waals surface area contributed by atoms with Gasteiger partial charge in [-0.15, -0.1) is 0 Å². The second kappa shape index (κ2) is 9.76. The van der Waals surface area contributed by atoms with E-state index in [1.54, 1.807) is 0 Å². The van der Waals surface area contributed by atoms with Crippen molar-refractivity contribution in [2.45, 2.75) is 37.5 Å². The Kier molecular flexibility index (Phi) is 7.30. The van der Waals surface area contributed by atoms with Crippen molar-refractivity contribution in [2.24, 2.45) is 0 Å². The third-order valence-electron chi connectivity index (χ3n) is 5.82. The zero-order valence-corrected chi connectivity index (χ0v) is 19.7. The van der Waals surface area contributed by atoms with E-state index in [2.05, 4.69) is 10.4 Å². The highest BCUT2D eigenvalue weighted by atomic mass is 19.4. The maximum absolute atomic E-state index is 14.0. The van der Waals surface area contributed by atoms with Gasteiger partial charge in [0.1, 0.15) is 28.8 Å². The van der Waals surface area contributed by atoms with Gasteiger partial charge < -0.3 is 20.9 Å². The van der Waals surface area contributed by atoms with Crippen molar-refractivity contribution in [3.63, 3.8) is 0 Å². The van der Waals surface area contributed by atoms with Crippen molar-refractivity contribution in [3.8, 4) is 11.4 Å². The van der Waals surface area contributed by atoms with E-state index in [-0.39, 0.29) is 22.7 Å². The molecule has 0 aliphatic heterocycles. The number of ether oxygens (including phenoxy) is 1. The number of nitrogens with zero attached hydrogens (tertiary/aromatic N) is 2. The van der Waals surface area contributed by atoms with Crippen LogP contribution in [0.3, 0.4) is 0 Å². The Bertz CT molecular complexity index is 1240. The molecular formula is C24H25F5N4O3. The third-order valence-corrected chi connectivity index (χ3v) is 5.82. The van der Waals surface area contributed by atoms with E-state index >= 15 is 0 Å². The highest BCUT2D eigenvalue weighted by Crippen LogP contribution is 2.43. The van der Waals surface area contributed by atoms with Crippen LogP contribution in [0.5, 0.6) is 5.75 Å². The number of nitrogens with two attached hydrogens (primary N) is 1. The lowest BCUT2D eigenvalue weighted by molar-refractivity contribution is -0.263. The van der Waals surface area contributed by atoms with Crippen LogP contribution >= 0.6 is 0 Å². The first kappa shape index (κ1) is 26.9. The maximum Gasteiger partial charge on any atom is 0.418 e. The predicted molar refractivity (Wildman–Crippen MR) is 122 cm³/mol. The number of carbonyl (C=O) groups excluding carboxylic acids is 1. The van der Waals surface area contributed by atoms with Crippen LogP contribution in [0.1, 0.15) is 36.2 Å². The van der Waals surface area contributed by atoms with Crippen molar-refractivity contribution < 1.29 is 36.6 Å². The second-order valence-electron chi connectivity index (χ2n) is 8.95. The number of methoxy groups -OCH3 is 1. The molecule has 1 atom stereocenters. The molecule has 4 N–H and O–H groups in total. The van der Waals surface area contributed by atoms with E-state index in [4.69, 9.17) is 10.5 Å². The fraction of sp³-hybridized carbons (Fsp3) is 0.333. The summed E-state index contributed by atoms with van der Waals surface area (Å²) >= 11 is 0. The fourth-order valence-corrected chi connectivity index (χ4v) is 3.94. The van der Waals surface area contributed by atoms with Crippen LogP contribution in [0.2, 0.25) is 0 Å². The molecule has 36 heavy (non-hydrogen) atoms. The minimum absolute atomic E-state index is 0.115. The number of carbonyl (C=O) groups is 1. The van der Waals surface area contributed by atoms with Crippen molar-refractivity contribution >= 4 is 11.7 Å². The Labute approximate surface area is 203 Å². The average molecular weight is 512 g/mol. The number of nitrogens with one attached hydrogen (secondary N) is 1. The molecule has 0 saturated heterocycles. The zero-order valence-electron chi connectivity index (χ0n) is 19.7. The van der Waals surface area contributed by atoms with Crippen LogP contribution in [0.25, 0.3) is 5.69 Å². The lowest BCUT2D eigenvalue weighted by Crippen LogP contribution is -2.56. The number of halogens is 5. The van der Waals surface area contributed by atoms with Crippen LogP contribution in [-0.4, -0.2) is 46.2 Å². The Balaban J connectivity index is 1.84. The summed E-state index contributed by atoms with van der Waals surface area (Å²) in [7, 11) is 1.29. The van der Waals surface area contributed by atoms with Crippen molar-refractivity contribution in [2.75, 3.05) is 19.4 Å². The molecule has 194 valence electrons. The van der Waals surface area contributed by atoms with Crippen LogP contribution < -0.4 is 15.8 Å². The van der Waals surface area contributed by atoms with E-state index < -0.39 is 47.7 Å². The minimum atomic E-state index is -5.15. The molecule has 0 aliphatic carbocycles. The number of rotatable bonds is 8. The number of hydrogen-bond acceptors (Lipinski definition) is 5. The van der Waals surface area contributed by atoms with Crippen molar-refractivity contribution in [3.05, 3.63) is 71.4 Å². The molecule has 12 heteroatoms. The van der Waals surface area contributed by atoms with E-state index in [0.717, 1.165) is 35.1 Å². The highest BCUT2D eigenvalue weighted by molar-refractivity contribution is 5.98. The molecule has 1 aromatic heterocycles. The quantitative estimate of drug-likeness (QED) is 0.394. The summed E-state index contributed by atoms with van der Waals surface area (Å²) in [5.41, 5.74) is 1.33. The van der Waals surface area contributed by atoms with Gasteiger partial charge >= 0.3 is 6.18 Å². The summed E-state index contributed by atoms with van der Waals surface area (Å²) in [4.78, 5) is 12.7. The lowest BCUT2D eigenvalue weighted by Gasteiger charge is -2.38. The second-order valence-corrected chi connectivity index (χ2v) is 8.95. The van der Waals surface area contributed by atoms with Crippen molar-refractivity contribution in [1.82, 2.24) is 15.1 Å². The Hall–Kier alpha value is -3.67. The molecule has 0 saturated carbocycles. The van der Waals surface area contributed by atoms with E-state index in [0.29, 0.717) is 5.69 Å².